The van der Waals surface area contributed by atoms with Crippen molar-refractivity contribution < 1.29 is 9.53 Å². The second-order valence-corrected chi connectivity index (χ2v) is 6.02. The molecule has 0 spiro atoms. The van der Waals surface area contributed by atoms with Crippen molar-refractivity contribution in [1.82, 2.24) is 20.1 Å². The van der Waals surface area contributed by atoms with Crippen LogP contribution >= 0.6 is 0 Å². The molecule has 25 heavy (non-hydrogen) atoms. The number of carbonyl (C=O) groups excluding carboxylic acids is 1. The molecule has 138 valence electrons. The van der Waals surface area contributed by atoms with E-state index in [0.29, 0.717) is 19.0 Å². The lowest BCUT2D eigenvalue weighted by molar-refractivity contribution is -0.130. The Morgan fingerprint density at radius 3 is 2.52 bits per heavy atom. The SMILES string of the molecule is CCCOc1ccc(CN=C(NCC)N2CCN(C(C)=O)CC2)cn1. The number of rotatable bonds is 6. The van der Waals surface area contributed by atoms with Gasteiger partial charge in [0.2, 0.25) is 11.8 Å². The molecule has 1 aromatic heterocycles. The largest absolute Gasteiger partial charge is 0.478 e. The van der Waals surface area contributed by atoms with Crippen LogP contribution in [0.3, 0.4) is 0 Å². The lowest BCUT2D eigenvalue weighted by Gasteiger charge is -2.36. The van der Waals surface area contributed by atoms with Crippen molar-refractivity contribution in [1.29, 1.82) is 0 Å². The molecule has 0 aromatic carbocycles. The smallest absolute Gasteiger partial charge is 0.219 e. The standard InChI is InChI=1S/C18H29N5O2/c1-4-12-25-17-7-6-16(13-20-17)14-21-18(19-5-2)23-10-8-22(9-11-23)15(3)24/h6-7,13H,4-5,8-12,14H2,1-3H3,(H,19,21). The summed E-state index contributed by atoms with van der Waals surface area (Å²) in [6.45, 7) is 10.9. The van der Waals surface area contributed by atoms with E-state index >= 15 is 0 Å². The summed E-state index contributed by atoms with van der Waals surface area (Å²) in [5.41, 5.74) is 1.04. The van der Waals surface area contributed by atoms with Gasteiger partial charge in [0.1, 0.15) is 0 Å². The van der Waals surface area contributed by atoms with Gasteiger partial charge in [-0.25, -0.2) is 9.98 Å². The first kappa shape index (κ1) is 19.0. The molecule has 0 aliphatic carbocycles. The minimum atomic E-state index is 0.137. The molecule has 1 fully saturated rings. The summed E-state index contributed by atoms with van der Waals surface area (Å²) in [5, 5.41) is 3.33. The Morgan fingerprint density at radius 2 is 1.96 bits per heavy atom. The van der Waals surface area contributed by atoms with Crippen LogP contribution in [0.15, 0.2) is 23.3 Å². The summed E-state index contributed by atoms with van der Waals surface area (Å²) in [5.74, 6) is 1.68. The molecule has 1 aliphatic heterocycles. The number of nitrogens with zero attached hydrogens (tertiary/aromatic N) is 4. The molecule has 7 nitrogen and oxygen atoms in total. The number of aromatic nitrogens is 1. The topological polar surface area (TPSA) is 70.1 Å². The fourth-order valence-electron chi connectivity index (χ4n) is 2.62. The van der Waals surface area contributed by atoms with Gasteiger partial charge in [0.25, 0.3) is 0 Å². The average Bonchev–Trinajstić information content (AvgIpc) is 2.64. The van der Waals surface area contributed by atoms with E-state index in [4.69, 9.17) is 9.73 Å². The van der Waals surface area contributed by atoms with E-state index in [0.717, 1.165) is 50.7 Å². The van der Waals surface area contributed by atoms with Crippen molar-refractivity contribution in [3.8, 4) is 5.88 Å². The van der Waals surface area contributed by atoms with E-state index in [9.17, 15) is 4.79 Å². The minimum absolute atomic E-state index is 0.137. The zero-order valence-electron chi connectivity index (χ0n) is 15.5. The van der Waals surface area contributed by atoms with Crippen molar-refractivity contribution in [2.45, 2.75) is 33.7 Å². The maximum atomic E-state index is 11.4. The molecule has 0 unspecified atom stereocenters. The normalized spacial score (nSPS) is 15.2. The van der Waals surface area contributed by atoms with Gasteiger partial charge in [-0.15, -0.1) is 0 Å². The minimum Gasteiger partial charge on any atom is -0.478 e. The molecule has 2 heterocycles. The molecule has 1 N–H and O–H groups in total. The van der Waals surface area contributed by atoms with Crippen molar-refractivity contribution in [2.75, 3.05) is 39.3 Å². The monoisotopic (exact) mass is 347 g/mol. The summed E-state index contributed by atoms with van der Waals surface area (Å²) in [4.78, 5) is 24.6. The van der Waals surface area contributed by atoms with E-state index in [1.807, 2.05) is 23.2 Å². The van der Waals surface area contributed by atoms with E-state index < -0.39 is 0 Å². The summed E-state index contributed by atoms with van der Waals surface area (Å²) in [7, 11) is 0. The van der Waals surface area contributed by atoms with Gasteiger partial charge < -0.3 is 19.9 Å². The predicted octanol–water partition coefficient (Wildman–Crippen LogP) is 1.50. The first-order valence-electron chi connectivity index (χ1n) is 9.00. The summed E-state index contributed by atoms with van der Waals surface area (Å²) < 4.78 is 5.50. The second-order valence-electron chi connectivity index (χ2n) is 6.02. The first-order chi connectivity index (χ1) is 12.1. The number of guanidine groups is 1. The Kier molecular flexibility index (Phi) is 7.50. The highest BCUT2D eigenvalue weighted by molar-refractivity contribution is 5.80. The van der Waals surface area contributed by atoms with Gasteiger partial charge >= 0.3 is 0 Å². The van der Waals surface area contributed by atoms with E-state index in [1.165, 1.54) is 0 Å². The molecule has 0 saturated carbocycles. The van der Waals surface area contributed by atoms with E-state index in [1.54, 1.807) is 6.92 Å². The van der Waals surface area contributed by atoms with Gasteiger partial charge in [0, 0.05) is 51.9 Å². The van der Waals surface area contributed by atoms with Gasteiger partial charge in [-0.3, -0.25) is 4.79 Å². The number of amides is 1. The summed E-state index contributed by atoms with van der Waals surface area (Å²) in [6.07, 6.45) is 2.78. The maximum Gasteiger partial charge on any atom is 0.219 e. The maximum absolute atomic E-state index is 11.4. The number of carbonyl (C=O) groups is 1. The molecule has 1 aromatic rings. The summed E-state index contributed by atoms with van der Waals surface area (Å²) in [6, 6.07) is 3.89. The van der Waals surface area contributed by atoms with Crippen LogP contribution in [-0.4, -0.2) is 66.0 Å². The number of nitrogens with one attached hydrogen (secondary N) is 1. The van der Waals surface area contributed by atoms with Crippen molar-refractivity contribution >= 4 is 11.9 Å². The van der Waals surface area contributed by atoms with Crippen LogP contribution in [0.25, 0.3) is 0 Å². The van der Waals surface area contributed by atoms with Crippen molar-refractivity contribution in [2.24, 2.45) is 4.99 Å². The third kappa shape index (κ3) is 5.92. The van der Waals surface area contributed by atoms with E-state index in [2.05, 4.69) is 29.0 Å². The summed E-state index contributed by atoms with van der Waals surface area (Å²) >= 11 is 0. The third-order valence-corrected chi connectivity index (χ3v) is 4.02. The van der Waals surface area contributed by atoms with Crippen LogP contribution in [0.2, 0.25) is 0 Å². The predicted molar refractivity (Wildman–Crippen MR) is 98.7 cm³/mol. The zero-order valence-corrected chi connectivity index (χ0v) is 15.5. The molecular formula is C18H29N5O2. The van der Waals surface area contributed by atoms with E-state index in [-0.39, 0.29) is 5.91 Å². The Labute approximate surface area is 150 Å². The number of hydrogen-bond donors (Lipinski definition) is 1. The Morgan fingerprint density at radius 1 is 1.24 bits per heavy atom. The fourth-order valence-corrected chi connectivity index (χ4v) is 2.62. The molecule has 2 rings (SSSR count). The number of aliphatic imine (C=N–C) groups is 1. The molecule has 1 saturated heterocycles. The lowest BCUT2D eigenvalue weighted by atomic mass is 10.3. The van der Waals surface area contributed by atoms with Gasteiger partial charge in [0.05, 0.1) is 13.2 Å². The number of ether oxygens (including phenoxy) is 1. The van der Waals surface area contributed by atoms with Crippen molar-refractivity contribution in [3.05, 3.63) is 23.9 Å². The Bertz CT molecular complexity index is 565. The Hall–Kier alpha value is -2.31. The highest BCUT2D eigenvalue weighted by Gasteiger charge is 2.20. The van der Waals surface area contributed by atoms with Gasteiger partial charge in [-0.05, 0) is 18.9 Å². The molecule has 0 atom stereocenters. The number of hydrogen-bond acceptors (Lipinski definition) is 4. The highest BCUT2D eigenvalue weighted by Crippen LogP contribution is 2.09. The van der Waals surface area contributed by atoms with Gasteiger partial charge in [-0.1, -0.05) is 13.0 Å². The Balaban J connectivity index is 1.94. The third-order valence-electron chi connectivity index (χ3n) is 4.02. The van der Waals surface area contributed by atoms with Gasteiger partial charge in [-0.2, -0.15) is 0 Å². The zero-order chi connectivity index (χ0) is 18.1. The molecule has 0 radical (unpaired) electrons. The quantitative estimate of drug-likeness (QED) is 0.624. The highest BCUT2D eigenvalue weighted by atomic mass is 16.5. The number of pyridine rings is 1. The fraction of sp³-hybridized carbons (Fsp3) is 0.611. The van der Waals surface area contributed by atoms with Crippen LogP contribution in [0, 0.1) is 0 Å². The number of piperazine rings is 1. The lowest BCUT2D eigenvalue weighted by Crippen LogP contribution is -2.53. The molecule has 7 heteroatoms. The van der Waals surface area contributed by atoms with Crippen LogP contribution in [0.1, 0.15) is 32.8 Å². The molecule has 1 aliphatic rings. The molecule has 0 bridgehead atoms. The van der Waals surface area contributed by atoms with Crippen LogP contribution in [0.4, 0.5) is 0 Å². The van der Waals surface area contributed by atoms with Gasteiger partial charge in [0.15, 0.2) is 5.96 Å². The second kappa shape index (κ2) is 9.86. The van der Waals surface area contributed by atoms with Crippen molar-refractivity contribution in [3.63, 3.8) is 0 Å². The van der Waals surface area contributed by atoms with Crippen LogP contribution in [-0.2, 0) is 11.3 Å². The van der Waals surface area contributed by atoms with Crippen LogP contribution in [0.5, 0.6) is 5.88 Å². The first-order valence-corrected chi connectivity index (χ1v) is 9.00. The average molecular weight is 347 g/mol. The molecule has 1 amide bonds. The molecular weight excluding hydrogens is 318 g/mol. The van der Waals surface area contributed by atoms with Crippen LogP contribution < -0.4 is 10.1 Å².